The Hall–Kier alpha value is -1.26. The third-order valence-electron chi connectivity index (χ3n) is 4.60. The number of nitrogens with zero attached hydrogens (tertiary/aromatic N) is 1. The van der Waals surface area contributed by atoms with Crippen molar-refractivity contribution in [2.75, 3.05) is 19.8 Å². The first kappa shape index (κ1) is 14.7. The molecule has 0 aromatic heterocycles. The average Bonchev–Trinajstić information content (AvgIpc) is 2.52. The van der Waals surface area contributed by atoms with Gasteiger partial charge in [-0.25, -0.2) is 0 Å². The van der Waals surface area contributed by atoms with Crippen LogP contribution in [-0.4, -0.2) is 41.9 Å². The Kier molecular flexibility index (Phi) is 4.66. The van der Waals surface area contributed by atoms with Gasteiger partial charge < -0.3 is 14.6 Å². The lowest BCUT2D eigenvalue weighted by Crippen LogP contribution is -2.52. The van der Waals surface area contributed by atoms with E-state index in [0.29, 0.717) is 30.3 Å². The van der Waals surface area contributed by atoms with E-state index in [1.807, 2.05) is 25.1 Å². The van der Waals surface area contributed by atoms with Gasteiger partial charge in [-0.3, -0.25) is 4.90 Å². The van der Waals surface area contributed by atoms with Crippen molar-refractivity contribution in [3.8, 4) is 11.5 Å². The molecule has 0 amide bonds. The minimum Gasteiger partial charge on any atom is -0.504 e. The van der Waals surface area contributed by atoms with E-state index in [9.17, 15) is 5.11 Å². The number of fused-ring (bicyclic) bond motifs is 1. The van der Waals surface area contributed by atoms with Gasteiger partial charge in [-0.15, -0.1) is 0 Å². The van der Waals surface area contributed by atoms with Crippen LogP contribution in [0.2, 0.25) is 0 Å². The van der Waals surface area contributed by atoms with Crippen LogP contribution >= 0.6 is 0 Å². The number of para-hydroxylation sites is 1. The molecule has 116 valence electrons. The minimum absolute atomic E-state index is 0.290. The first-order valence-electron chi connectivity index (χ1n) is 8.09. The molecule has 1 aromatic carbocycles. The fraction of sp³-hybridized carbons (Fsp3) is 0.647. The molecule has 1 aliphatic carbocycles. The quantitative estimate of drug-likeness (QED) is 0.926. The maximum atomic E-state index is 10.4. The zero-order chi connectivity index (χ0) is 14.7. The fourth-order valence-corrected chi connectivity index (χ4v) is 3.56. The van der Waals surface area contributed by atoms with Crippen molar-refractivity contribution in [1.82, 2.24) is 4.90 Å². The van der Waals surface area contributed by atoms with Crippen LogP contribution in [0.25, 0.3) is 0 Å². The Bertz CT molecular complexity index is 475. The minimum atomic E-state index is 0.290. The van der Waals surface area contributed by atoms with Crippen LogP contribution in [0.3, 0.4) is 0 Å². The molecule has 2 atom stereocenters. The number of aromatic hydroxyl groups is 1. The van der Waals surface area contributed by atoms with Crippen LogP contribution in [0.1, 0.15) is 38.2 Å². The van der Waals surface area contributed by atoms with E-state index in [1.165, 1.54) is 25.7 Å². The molecule has 2 unspecified atom stereocenters. The maximum absolute atomic E-state index is 10.4. The van der Waals surface area contributed by atoms with E-state index in [0.717, 1.165) is 25.3 Å². The molecule has 1 saturated heterocycles. The third kappa shape index (κ3) is 3.16. The molecule has 1 heterocycles. The molecule has 3 rings (SSSR count). The van der Waals surface area contributed by atoms with E-state index in [-0.39, 0.29) is 0 Å². The normalized spacial score (nSPS) is 26.3. The molecule has 4 heteroatoms. The highest BCUT2D eigenvalue weighted by Crippen LogP contribution is 2.34. The summed E-state index contributed by atoms with van der Waals surface area (Å²) in [6.07, 6.45) is 5.32. The lowest BCUT2D eigenvalue weighted by molar-refractivity contribution is -0.0912. The molecule has 1 aromatic rings. The second-order valence-electron chi connectivity index (χ2n) is 5.93. The summed E-state index contributed by atoms with van der Waals surface area (Å²) in [5.74, 6) is 0.877. The van der Waals surface area contributed by atoms with Gasteiger partial charge in [-0.2, -0.15) is 0 Å². The van der Waals surface area contributed by atoms with Gasteiger partial charge >= 0.3 is 0 Å². The Morgan fingerprint density at radius 1 is 1.33 bits per heavy atom. The van der Waals surface area contributed by atoms with Crippen molar-refractivity contribution >= 4 is 0 Å². The van der Waals surface area contributed by atoms with Crippen molar-refractivity contribution < 1.29 is 14.6 Å². The van der Waals surface area contributed by atoms with Gasteiger partial charge in [0.2, 0.25) is 0 Å². The topological polar surface area (TPSA) is 41.9 Å². The summed E-state index contributed by atoms with van der Waals surface area (Å²) < 4.78 is 11.4. The van der Waals surface area contributed by atoms with E-state index < -0.39 is 0 Å². The molecule has 4 nitrogen and oxygen atoms in total. The molecular weight excluding hydrogens is 266 g/mol. The van der Waals surface area contributed by atoms with Crippen LogP contribution in [0.4, 0.5) is 0 Å². The average molecular weight is 291 g/mol. The summed E-state index contributed by atoms with van der Waals surface area (Å²) in [7, 11) is 0. The van der Waals surface area contributed by atoms with Crippen molar-refractivity contribution in [3.05, 3.63) is 23.8 Å². The monoisotopic (exact) mass is 291 g/mol. The molecule has 2 fully saturated rings. The van der Waals surface area contributed by atoms with Gasteiger partial charge in [-0.1, -0.05) is 25.0 Å². The molecule has 21 heavy (non-hydrogen) atoms. The Balaban J connectivity index is 1.74. The van der Waals surface area contributed by atoms with Crippen molar-refractivity contribution in [1.29, 1.82) is 0 Å². The number of morpholine rings is 1. The fourth-order valence-electron chi connectivity index (χ4n) is 3.56. The van der Waals surface area contributed by atoms with Gasteiger partial charge in [-0.05, 0) is 25.8 Å². The van der Waals surface area contributed by atoms with Gasteiger partial charge in [0.05, 0.1) is 19.3 Å². The van der Waals surface area contributed by atoms with Crippen LogP contribution in [0.5, 0.6) is 11.5 Å². The lowest BCUT2D eigenvalue weighted by Gasteiger charge is -2.44. The molecule has 0 spiro atoms. The van der Waals surface area contributed by atoms with Crippen LogP contribution < -0.4 is 4.74 Å². The Morgan fingerprint density at radius 2 is 2.19 bits per heavy atom. The van der Waals surface area contributed by atoms with E-state index in [2.05, 4.69) is 4.90 Å². The summed E-state index contributed by atoms with van der Waals surface area (Å²) in [5.41, 5.74) is 0.951. The molecule has 1 N–H and O–H groups in total. The van der Waals surface area contributed by atoms with Crippen molar-refractivity contribution in [3.63, 3.8) is 0 Å². The van der Waals surface area contributed by atoms with E-state index in [1.54, 1.807) is 0 Å². The van der Waals surface area contributed by atoms with E-state index >= 15 is 0 Å². The highest BCUT2D eigenvalue weighted by Gasteiger charge is 2.34. The summed E-state index contributed by atoms with van der Waals surface area (Å²) in [6, 6.07) is 6.28. The van der Waals surface area contributed by atoms with Crippen molar-refractivity contribution in [2.24, 2.45) is 0 Å². The number of hydrogen-bond acceptors (Lipinski definition) is 4. The highest BCUT2D eigenvalue weighted by molar-refractivity contribution is 5.45. The lowest BCUT2D eigenvalue weighted by atomic mass is 9.90. The largest absolute Gasteiger partial charge is 0.504 e. The van der Waals surface area contributed by atoms with Gasteiger partial charge in [0.25, 0.3) is 0 Å². The summed E-state index contributed by atoms with van der Waals surface area (Å²) >= 11 is 0. The highest BCUT2D eigenvalue weighted by atomic mass is 16.5. The first-order valence-corrected chi connectivity index (χ1v) is 8.09. The van der Waals surface area contributed by atoms with Crippen LogP contribution in [0, 0.1) is 0 Å². The zero-order valence-corrected chi connectivity index (χ0v) is 12.8. The molecule has 1 aliphatic heterocycles. The van der Waals surface area contributed by atoms with Gasteiger partial charge in [0.1, 0.15) is 0 Å². The van der Waals surface area contributed by atoms with Gasteiger partial charge in [0.15, 0.2) is 11.5 Å². The first-order chi connectivity index (χ1) is 10.3. The summed E-state index contributed by atoms with van der Waals surface area (Å²) in [5, 5.41) is 10.4. The molecule has 2 aliphatic rings. The zero-order valence-electron chi connectivity index (χ0n) is 12.8. The van der Waals surface area contributed by atoms with Gasteiger partial charge in [0, 0.05) is 24.7 Å². The predicted octanol–water partition coefficient (Wildman–Crippen LogP) is 2.93. The molecular formula is C17H25NO3. The number of hydrogen-bond donors (Lipinski definition) is 1. The predicted molar refractivity (Wildman–Crippen MR) is 81.7 cm³/mol. The standard InChI is InChI=1S/C17H25NO3/c1-2-20-16-9-5-6-13(17(16)19)12-18-10-11-21-15-8-4-3-7-14(15)18/h5-6,9,14-15,19H,2-4,7-8,10-12H2,1H3. The van der Waals surface area contributed by atoms with E-state index in [4.69, 9.17) is 9.47 Å². The number of phenols is 1. The SMILES string of the molecule is CCOc1cccc(CN2CCOC3CCCCC32)c1O. The Labute approximate surface area is 126 Å². The molecule has 0 bridgehead atoms. The smallest absolute Gasteiger partial charge is 0.162 e. The second-order valence-corrected chi connectivity index (χ2v) is 5.93. The number of benzene rings is 1. The third-order valence-corrected chi connectivity index (χ3v) is 4.60. The number of phenolic OH excluding ortho intramolecular Hbond substituents is 1. The maximum Gasteiger partial charge on any atom is 0.162 e. The van der Waals surface area contributed by atoms with Crippen LogP contribution in [0.15, 0.2) is 18.2 Å². The second kappa shape index (κ2) is 6.67. The summed E-state index contributed by atoms with van der Waals surface area (Å²) in [6.45, 7) is 5.02. The number of ether oxygens (including phenoxy) is 2. The summed E-state index contributed by atoms with van der Waals surface area (Å²) in [4.78, 5) is 2.47. The van der Waals surface area contributed by atoms with Crippen molar-refractivity contribution in [2.45, 2.75) is 51.3 Å². The Morgan fingerprint density at radius 3 is 3.05 bits per heavy atom. The van der Waals surface area contributed by atoms with Crippen LogP contribution in [-0.2, 0) is 11.3 Å². The number of rotatable bonds is 4. The molecule has 0 radical (unpaired) electrons. The molecule has 1 saturated carbocycles.